The molecular formula is C21H22N6. The van der Waals surface area contributed by atoms with Gasteiger partial charge in [0, 0.05) is 43.3 Å². The minimum absolute atomic E-state index is 0.244. The van der Waals surface area contributed by atoms with Crippen LogP contribution in [0.2, 0.25) is 0 Å². The van der Waals surface area contributed by atoms with Gasteiger partial charge in [-0.05, 0) is 55.3 Å². The Hall–Kier alpha value is -2.99. The normalized spacial score (nSPS) is 17.3. The standard InChI is InChI=1S/C21H22N6/c1-13-9-14(10-15-11-26(2)25-21(13)15)17-3-4-19-18(23-17)5-6-20(24-19)27-8-7-16(22)12-27/h3-6,9-11,16H,7-8,12,22H2,1-2H3. The van der Waals surface area contributed by atoms with Crippen molar-refractivity contribution in [2.45, 2.75) is 19.4 Å². The maximum Gasteiger partial charge on any atom is 0.129 e. The van der Waals surface area contributed by atoms with E-state index in [9.17, 15) is 0 Å². The first kappa shape index (κ1) is 16.2. The van der Waals surface area contributed by atoms with Crippen molar-refractivity contribution in [1.82, 2.24) is 19.7 Å². The van der Waals surface area contributed by atoms with E-state index in [0.29, 0.717) is 0 Å². The number of rotatable bonds is 2. The van der Waals surface area contributed by atoms with Crippen LogP contribution in [0.4, 0.5) is 5.82 Å². The molecule has 1 aromatic carbocycles. The zero-order valence-electron chi connectivity index (χ0n) is 15.6. The van der Waals surface area contributed by atoms with Gasteiger partial charge >= 0.3 is 0 Å². The molecule has 2 N–H and O–H groups in total. The molecule has 1 atom stereocenters. The first-order valence-electron chi connectivity index (χ1n) is 9.29. The predicted octanol–water partition coefficient (Wildman–Crippen LogP) is 3.03. The highest BCUT2D eigenvalue weighted by Crippen LogP contribution is 2.28. The fourth-order valence-corrected chi connectivity index (χ4v) is 3.91. The Morgan fingerprint density at radius 2 is 1.89 bits per heavy atom. The number of aromatic nitrogens is 4. The van der Waals surface area contributed by atoms with E-state index in [2.05, 4.69) is 41.2 Å². The van der Waals surface area contributed by atoms with Crippen molar-refractivity contribution in [1.29, 1.82) is 0 Å². The fourth-order valence-electron chi connectivity index (χ4n) is 3.91. The third kappa shape index (κ3) is 2.82. The van der Waals surface area contributed by atoms with Crippen molar-refractivity contribution in [3.8, 4) is 11.3 Å². The Kier molecular flexibility index (Phi) is 3.62. The molecule has 0 amide bonds. The van der Waals surface area contributed by atoms with Gasteiger partial charge in [0.25, 0.3) is 0 Å². The summed E-state index contributed by atoms with van der Waals surface area (Å²) in [5, 5.41) is 5.66. The lowest BCUT2D eigenvalue weighted by molar-refractivity contribution is 0.751. The van der Waals surface area contributed by atoms with Crippen LogP contribution in [-0.4, -0.2) is 38.9 Å². The van der Waals surface area contributed by atoms with E-state index in [-0.39, 0.29) is 6.04 Å². The molecule has 0 spiro atoms. The molecule has 0 saturated carbocycles. The lowest BCUT2D eigenvalue weighted by atomic mass is 10.0. The first-order valence-corrected chi connectivity index (χ1v) is 9.29. The van der Waals surface area contributed by atoms with Crippen molar-refractivity contribution in [2.75, 3.05) is 18.0 Å². The summed E-state index contributed by atoms with van der Waals surface area (Å²) < 4.78 is 1.85. The number of nitrogens with zero attached hydrogens (tertiary/aromatic N) is 5. The van der Waals surface area contributed by atoms with E-state index in [4.69, 9.17) is 15.7 Å². The molecule has 4 heterocycles. The number of anilines is 1. The quantitative estimate of drug-likeness (QED) is 0.596. The topological polar surface area (TPSA) is 72.9 Å². The molecule has 5 rings (SSSR count). The maximum atomic E-state index is 6.02. The van der Waals surface area contributed by atoms with Gasteiger partial charge < -0.3 is 10.6 Å². The number of pyridine rings is 2. The molecule has 6 nitrogen and oxygen atoms in total. The minimum atomic E-state index is 0.244. The summed E-state index contributed by atoms with van der Waals surface area (Å²) in [6, 6.07) is 12.8. The predicted molar refractivity (Wildman–Crippen MR) is 109 cm³/mol. The molecule has 0 radical (unpaired) electrons. The first-order chi connectivity index (χ1) is 13.1. The summed E-state index contributed by atoms with van der Waals surface area (Å²) in [5.74, 6) is 0.984. The molecule has 3 aromatic heterocycles. The second kappa shape index (κ2) is 6.03. The third-order valence-electron chi connectivity index (χ3n) is 5.29. The largest absolute Gasteiger partial charge is 0.355 e. The average molecular weight is 358 g/mol. The van der Waals surface area contributed by atoms with Crippen LogP contribution in [0, 0.1) is 6.92 Å². The molecule has 136 valence electrons. The third-order valence-corrected chi connectivity index (χ3v) is 5.29. The van der Waals surface area contributed by atoms with E-state index in [1.165, 1.54) is 0 Å². The van der Waals surface area contributed by atoms with E-state index in [1.807, 2.05) is 30.1 Å². The maximum absolute atomic E-state index is 6.02. The number of fused-ring (bicyclic) bond motifs is 2. The van der Waals surface area contributed by atoms with Gasteiger partial charge in [0.1, 0.15) is 5.82 Å². The van der Waals surface area contributed by atoms with Gasteiger partial charge in [-0.15, -0.1) is 0 Å². The summed E-state index contributed by atoms with van der Waals surface area (Å²) in [4.78, 5) is 11.9. The number of aryl methyl sites for hydroxylation is 2. The highest BCUT2D eigenvalue weighted by molar-refractivity contribution is 5.88. The van der Waals surface area contributed by atoms with Gasteiger partial charge in [-0.25, -0.2) is 9.97 Å². The number of benzene rings is 1. The van der Waals surface area contributed by atoms with Gasteiger partial charge in [-0.2, -0.15) is 5.10 Å². The van der Waals surface area contributed by atoms with E-state index >= 15 is 0 Å². The fraction of sp³-hybridized carbons (Fsp3) is 0.286. The molecule has 1 aliphatic heterocycles. The van der Waals surface area contributed by atoms with Crippen LogP contribution in [0.15, 0.2) is 42.6 Å². The Morgan fingerprint density at radius 3 is 2.70 bits per heavy atom. The molecular weight excluding hydrogens is 336 g/mol. The van der Waals surface area contributed by atoms with Crippen LogP contribution in [0.5, 0.6) is 0 Å². The van der Waals surface area contributed by atoms with Crippen LogP contribution in [0.3, 0.4) is 0 Å². The highest BCUT2D eigenvalue weighted by atomic mass is 15.2. The number of nitrogens with two attached hydrogens (primary N) is 1. The molecule has 4 aromatic rings. The SMILES string of the molecule is Cc1cc(-c2ccc3nc(N4CCC(N)C4)ccc3n2)cc2cn(C)nc12. The second-order valence-corrected chi connectivity index (χ2v) is 7.43. The van der Waals surface area contributed by atoms with Crippen molar-refractivity contribution >= 4 is 27.8 Å². The van der Waals surface area contributed by atoms with Crippen molar-refractivity contribution in [3.63, 3.8) is 0 Å². The molecule has 1 unspecified atom stereocenters. The Labute approximate surface area is 157 Å². The Balaban J connectivity index is 1.55. The number of hydrogen-bond acceptors (Lipinski definition) is 5. The Bertz CT molecular complexity index is 1160. The summed E-state index contributed by atoms with van der Waals surface area (Å²) in [6.45, 7) is 3.93. The van der Waals surface area contributed by atoms with Gasteiger partial charge in [0.15, 0.2) is 0 Å². The average Bonchev–Trinajstić information content (AvgIpc) is 3.26. The summed E-state index contributed by atoms with van der Waals surface area (Å²) in [7, 11) is 1.95. The van der Waals surface area contributed by atoms with Crippen LogP contribution >= 0.6 is 0 Å². The van der Waals surface area contributed by atoms with Crippen LogP contribution in [-0.2, 0) is 7.05 Å². The van der Waals surface area contributed by atoms with Gasteiger partial charge in [0.05, 0.1) is 22.2 Å². The van der Waals surface area contributed by atoms with Gasteiger partial charge in [0.2, 0.25) is 0 Å². The molecule has 1 aliphatic rings. The van der Waals surface area contributed by atoms with Gasteiger partial charge in [-0.1, -0.05) is 0 Å². The second-order valence-electron chi connectivity index (χ2n) is 7.43. The van der Waals surface area contributed by atoms with Crippen LogP contribution in [0.1, 0.15) is 12.0 Å². The molecule has 1 saturated heterocycles. The molecule has 27 heavy (non-hydrogen) atoms. The van der Waals surface area contributed by atoms with E-state index in [1.54, 1.807) is 0 Å². The molecule has 6 heteroatoms. The van der Waals surface area contributed by atoms with Crippen molar-refractivity contribution in [3.05, 3.63) is 48.2 Å². The minimum Gasteiger partial charge on any atom is -0.355 e. The lowest BCUT2D eigenvalue weighted by Gasteiger charge is -2.17. The van der Waals surface area contributed by atoms with E-state index < -0.39 is 0 Å². The smallest absolute Gasteiger partial charge is 0.129 e. The molecule has 1 fully saturated rings. The van der Waals surface area contributed by atoms with E-state index in [0.717, 1.165) is 64.1 Å². The van der Waals surface area contributed by atoms with Crippen molar-refractivity contribution in [2.24, 2.45) is 12.8 Å². The van der Waals surface area contributed by atoms with Crippen molar-refractivity contribution < 1.29 is 0 Å². The summed E-state index contributed by atoms with van der Waals surface area (Å²) >= 11 is 0. The molecule has 0 bridgehead atoms. The molecule has 0 aliphatic carbocycles. The Morgan fingerprint density at radius 1 is 1.07 bits per heavy atom. The number of hydrogen-bond donors (Lipinski definition) is 1. The highest BCUT2D eigenvalue weighted by Gasteiger charge is 2.20. The van der Waals surface area contributed by atoms with Crippen LogP contribution in [0.25, 0.3) is 33.2 Å². The zero-order chi connectivity index (χ0) is 18.5. The summed E-state index contributed by atoms with van der Waals surface area (Å²) in [6.07, 6.45) is 3.06. The lowest BCUT2D eigenvalue weighted by Crippen LogP contribution is -2.26. The van der Waals surface area contributed by atoms with Gasteiger partial charge in [-0.3, -0.25) is 4.68 Å². The monoisotopic (exact) mass is 358 g/mol. The zero-order valence-corrected chi connectivity index (χ0v) is 15.6. The summed E-state index contributed by atoms with van der Waals surface area (Å²) in [5.41, 5.74) is 12.1. The van der Waals surface area contributed by atoms with Crippen LogP contribution < -0.4 is 10.6 Å².